The average Bonchev–Trinajstić information content (AvgIpc) is 2.77. The minimum Gasteiger partial charge on any atom is -0.327 e. The van der Waals surface area contributed by atoms with Gasteiger partial charge in [0.25, 0.3) is 5.69 Å². The molecule has 0 spiro atoms. The first-order valence-electron chi connectivity index (χ1n) is 5.68. The number of aromatic nitrogens is 3. The van der Waals surface area contributed by atoms with E-state index < -0.39 is 4.92 Å². The summed E-state index contributed by atoms with van der Waals surface area (Å²) in [5, 5.41) is 10.6. The monoisotopic (exact) mass is 254 g/mol. The first kappa shape index (κ1) is 11.3. The molecule has 0 radical (unpaired) electrons. The molecule has 0 saturated heterocycles. The van der Waals surface area contributed by atoms with Crippen LogP contribution in [0.2, 0.25) is 0 Å². The largest absolute Gasteiger partial charge is 0.327 e. The van der Waals surface area contributed by atoms with E-state index in [-0.39, 0.29) is 5.69 Å². The van der Waals surface area contributed by atoms with Crippen molar-refractivity contribution in [1.29, 1.82) is 0 Å². The lowest BCUT2D eigenvalue weighted by Crippen LogP contribution is -1.93. The summed E-state index contributed by atoms with van der Waals surface area (Å²) in [6, 6.07) is 8.25. The van der Waals surface area contributed by atoms with Crippen molar-refractivity contribution in [3.8, 4) is 11.4 Å². The molecule has 2 heterocycles. The van der Waals surface area contributed by atoms with Gasteiger partial charge in [-0.15, -0.1) is 0 Å². The number of imidazole rings is 1. The van der Waals surface area contributed by atoms with Crippen molar-refractivity contribution in [3.63, 3.8) is 0 Å². The van der Waals surface area contributed by atoms with Gasteiger partial charge in [-0.3, -0.25) is 15.1 Å². The molecule has 0 aliphatic heterocycles. The Bertz CT molecular complexity index is 762. The third-order valence-electron chi connectivity index (χ3n) is 3.02. The van der Waals surface area contributed by atoms with Crippen LogP contribution in [0, 0.1) is 10.1 Å². The fraction of sp³-hybridized carbons (Fsp3) is 0.0769. The maximum atomic E-state index is 10.6. The molecule has 2 aromatic heterocycles. The Morgan fingerprint density at radius 1 is 1.21 bits per heavy atom. The Morgan fingerprint density at radius 3 is 2.58 bits per heavy atom. The van der Waals surface area contributed by atoms with Crippen LogP contribution < -0.4 is 0 Å². The number of non-ortho nitro benzene ring substituents is 1. The standard InChI is InChI=1S/C13H10N4O2/c1-16-12-6-7-14-8-11(12)15-13(16)9-2-4-10(5-3-9)17(18)19/h2-8H,1H3. The molecule has 0 aliphatic carbocycles. The van der Waals surface area contributed by atoms with Crippen molar-refractivity contribution < 1.29 is 4.92 Å². The third kappa shape index (κ3) is 1.83. The van der Waals surface area contributed by atoms with E-state index in [1.807, 2.05) is 17.7 Å². The Labute approximate surface area is 108 Å². The van der Waals surface area contributed by atoms with Crippen LogP contribution in [0.3, 0.4) is 0 Å². The van der Waals surface area contributed by atoms with Crippen LogP contribution in [-0.4, -0.2) is 19.5 Å². The van der Waals surface area contributed by atoms with Crippen LogP contribution in [0.15, 0.2) is 42.7 Å². The van der Waals surface area contributed by atoms with Gasteiger partial charge in [-0.1, -0.05) is 0 Å². The Balaban J connectivity index is 2.13. The molecule has 0 amide bonds. The lowest BCUT2D eigenvalue weighted by Gasteiger charge is -2.01. The molecule has 0 aliphatic rings. The molecule has 1 aromatic carbocycles. The molecule has 0 saturated carbocycles. The summed E-state index contributed by atoms with van der Waals surface area (Å²) in [6.45, 7) is 0. The molecule has 0 fully saturated rings. The van der Waals surface area contributed by atoms with Crippen molar-refractivity contribution in [2.75, 3.05) is 0 Å². The van der Waals surface area contributed by atoms with Crippen molar-refractivity contribution >= 4 is 16.7 Å². The predicted molar refractivity (Wildman–Crippen MR) is 70.6 cm³/mol. The van der Waals surface area contributed by atoms with Crippen molar-refractivity contribution in [3.05, 3.63) is 52.8 Å². The molecule has 3 rings (SSSR count). The summed E-state index contributed by atoms with van der Waals surface area (Å²) in [5.41, 5.74) is 2.69. The molecule has 94 valence electrons. The smallest absolute Gasteiger partial charge is 0.269 e. The highest BCUT2D eigenvalue weighted by molar-refractivity contribution is 5.79. The topological polar surface area (TPSA) is 73.8 Å². The summed E-state index contributed by atoms with van der Waals surface area (Å²) in [6.07, 6.45) is 3.41. The highest BCUT2D eigenvalue weighted by Crippen LogP contribution is 2.24. The minimum absolute atomic E-state index is 0.0733. The summed E-state index contributed by atoms with van der Waals surface area (Å²) >= 11 is 0. The van der Waals surface area contributed by atoms with Crippen molar-refractivity contribution in [2.45, 2.75) is 0 Å². The van der Waals surface area contributed by atoms with E-state index in [0.717, 1.165) is 22.4 Å². The number of nitro groups is 1. The summed E-state index contributed by atoms with van der Waals surface area (Å²) in [4.78, 5) is 18.7. The fourth-order valence-corrected chi connectivity index (χ4v) is 2.04. The molecule has 0 bridgehead atoms. The van der Waals surface area contributed by atoms with Gasteiger partial charge in [0.15, 0.2) is 0 Å². The van der Waals surface area contributed by atoms with E-state index in [9.17, 15) is 10.1 Å². The molecule has 0 atom stereocenters. The van der Waals surface area contributed by atoms with E-state index in [0.29, 0.717) is 0 Å². The van der Waals surface area contributed by atoms with Gasteiger partial charge in [0.1, 0.15) is 11.3 Å². The number of pyridine rings is 1. The van der Waals surface area contributed by atoms with Gasteiger partial charge < -0.3 is 4.57 Å². The highest BCUT2D eigenvalue weighted by Gasteiger charge is 2.11. The first-order chi connectivity index (χ1) is 9.16. The summed E-state index contributed by atoms with van der Waals surface area (Å²) < 4.78 is 1.94. The molecule has 3 aromatic rings. The number of nitrogens with zero attached hydrogens (tertiary/aromatic N) is 4. The maximum absolute atomic E-state index is 10.6. The molecule has 6 nitrogen and oxygen atoms in total. The molecule has 0 unspecified atom stereocenters. The van der Waals surface area contributed by atoms with Crippen LogP contribution >= 0.6 is 0 Å². The second-order valence-electron chi connectivity index (χ2n) is 4.16. The second-order valence-corrected chi connectivity index (χ2v) is 4.16. The highest BCUT2D eigenvalue weighted by atomic mass is 16.6. The Hall–Kier alpha value is -2.76. The number of aryl methyl sites for hydroxylation is 1. The lowest BCUT2D eigenvalue weighted by molar-refractivity contribution is -0.384. The number of hydrogen-bond donors (Lipinski definition) is 0. The van der Waals surface area contributed by atoms with Gasteiger partial charge in [-0.2, -0.15) is 0 Å². The summed E-state index contributed by atoms with van der Waals surface area (Å²) in [7, 11) is 1.91. The Kier molecular flexibility index (Phi) is 2.49. The van der Waals surface area contributed by atoms with Crippen LogP contribution in [0.25, 0.3) is 22.4 Å². The zero-order chi connectivity index (χ0) is 13.4. The fourth-order valence-electron chi connectivity index (χ4n) is 2.04. The zero-order valence-electron chi connectivity index (χ0n) is 10.1. The minimum atomic E-state index is -0.414. The van der Waals surface area contributed by atoms with E-state index in [1.54, 1.807) is 24.5 Å². The summed E-state index contributed by atoms with van der Waals surface area (Å²) in [5.74, 6) is 0.762. The number of fused-ring (bicyclic) bond motifs is 1. The van der Waals surface area contributed by atoms with Gasteiger partial charge >= 0.3 is 0 Å². The molecular weight excluding hydrogens is 244 g/mol. The van der Waals surface area contributed by atoms with Gasteiger partial charge in [-0.05, 0) is 18.2 Å². The van der Waals surface area contributed by atoms with Crippen LogP contribution in [-0.2, 0) is 7.05 Å². The quantitative estimate of drug-likeness (QED) is 0.520. The molecule has 0 N–H and O–H groups in total. The number of benzene rings is 1. The zero-order valence-corrected chi connectivity index (χ0v) is 10.1. The van der Waals surface area contributed by atoms with Gasteiger partial charge in [0, 0.05) is 30.9 Å². The number of rotatable bonds is 2. The van der Waals surface area contributed by atoms with Crippen molar-refractivity contribution in [1.82, 2.24) is 14.5 Å². The van der Waals surface area contributed by atoms with Crippen LogP contribution in [0.1, 0.15) is 0 Å². The van der Waals surface area contributed by atoms with Crippen LogP contribution in [0.5, 0.6) is 0 Å². The van der Waals surface area contributed by atoms with Gasteiger partial charge in [-0.25, -0.2) is 4.98 Å². The van der Waals surface area contributed by atoms with Gasteiger partial charge in [0.05, 0.1) is 16.6 Å². The second kappa shape index (κ2) is 4.16. The van der Waals surface area contributed by atoms with E-state index in [2.05, 4.69) is 9.97 Å². The van der Waals surface area contributed by atoms with E-state index >= 15 is 0 Å². The van der Waals surface area contributed by atoms with Gasteiger partial charge in [0.2, 0.25) is 0 Å². The van der Waals surface area contributed by atoms with E-state index in [4.69, 9.17) is 0 Å². The average molecular weight is 254 g/mol. The first-order valence-corrected chi connectivity index (χ1v) is 5.68. The predicted octanol–water partition coefficient (Wildman–Crippen LogP) is 2.54. The van der Waals surface area contributed by atoms with Crippen molar-refractivity contribution in [2.24, 2.45) is 7.05 Å². The molecule has 19 heavy (non-hydrogen) atoms. The SMILES string of the molecule is Cn1c(-c2ccc([N+](=O)[O-])cc2)nc2cnccc21. The lowest BCUT2D eigenvalue weighted by atomic mass is 10.2. The molecular formula is C13H10N4O2. The maximum Gasteiger partial charge on any atom is 0.269 e. The van der Waals surface area contributed by atoms with E-state index in [1.165, 1.54) is 12.1 Å². The van der Waals surface area contributed by atoms with Crippen LogP contribution in [0.4, 0.5) is 5.69 Å². The molecule has 6 heteroatoms. The normalized spacial score (nSPS) is 10.8. The third-order valence-corrected chi connectivity index (χ3v) is 3.02. The number of nitro benzene ring substituents is 1. The Morgan fingerprint density at radius 2 is 1.95 bits per heavy atom. The number of hydrogen-bond acceptors (Lipinski definition) is 4.